The maximum atomic E-state index is 13.6. The van der Waals surface area contributed by atoms with Gasteiger partial charge in [-0.2, -0.15) is 0 Å². The number of hydrogen-bond donors (Lipinski definition) is 1. The Morgan fingerprint density at radius 1 is 0.938 bits per heavy atom. The molecule has 0 atom stereocenters. The number of carbonyl (C=O) groups is 2. The zero-order valence-electron chi connectivity index (χ0n) is 17.0. The molecule has 0 fully saturated rings. The van der Waals surface area contributed by atoms with Gasteiger partial charge < -0.3 is 10.1 Å². The molecule has 0 saturated heterocycles. The molecule has 0 spiro atoms. The van der Waals surface area contributed by atoms with E-state index in [9.17, 15) is 9.59 Å². The monoisotopic (exact) mass is 460 g/mol. The number of amides is 2. The first-order chi connectivity index (χ1) is 15.6. The van der Waals surface area contributed by atoms with Crippen molar-refractivity contribution in [1.82, 2.24) is 0 Å². The summed E-state index contributed by atoms with van der Waals surface area (Å²) in [6.45, 7) is 0. The number of rotatable bonds is 5. The highest BCUT2D eigenvalue weighted by Crippen LogP contribution is 2.40. The smallest absolute Gasteiger partial charge is 0.282 e. The van der Waals surface area contributed by atoms with Crippen LogP contribution in [0.1, 0.15) is 4.88 Å². The number of carbonyl (C=O) groups excluding carboxylic acids is 2. The fraction of sp³-hybridized carbons (Fsp3) is 0.0400. The van der Waals surface area contributed by atoms with Gasteiger partial charge in [0, 0.05) is 21.0 Å². The molecular formula is C25H17ClN2O3S. The number of nitrogens with zero attached hydrogens (tertiary/aromatic N) is 1. The second-order valence-corrected chi connectivity index (χ2v) is 8.53. The molecular weight excluding hydrogens is 444 g/mol. The van der Waals surface area contributed by atoms with Crippen molar-refractivity contribution in [2.75, 3.05) is 17.3 Å². The van der Waals surface area contributed by atoms with Crippen LogP contribution in [0.15, 0.2) is 83.9 Å². The van der Waals surface area contributed by atoms with Crippen LogP contribution >= 0.6 is 22.9 Å². The lowest BCUT2D eigenvalue weighted by atomic mass is 10.1. The fourth-order valence-corrected chi connectivity index (χ4v) is 4.76. The van der Waals surface area contributed by atoms with E-state index in [-0.39, 0.29) is 5.70 Å². The summed E-state index contributed by atoms with van der Waals surface area (Å²) in [5, 5.41) is 7.51. The van der Waals surface area contributed by atoms with Gasteiger partial charge in [0.1, 0.15) is 11.4 Å². The minimum absolute atomic E-state index is 0.218. The Kier molecular flexibility index (Phi) is 5.17. The summed E-state index contributed by atoms with van der Waals surface area (Å²) in [6, 6.07) is 22.2. The van der Waals surface area contributed by atoms with Crippen molar-refractivity contribution in [1.29, 1.82) is 0 Å². The lowest BCUT2D eigenvalue weighted by Crippen LogP contribution is -2.32. The summed E-state index contributed by atoms with van der Waals surface area (Å²) in [4.78, 5) is 29.0. The molecule has 1 aromatic heterocycles. The first-order valence-corrected chi connectivity index (χ1v) is 11.1. The number of fused-ring (bicyclic) bond motifs is 1. The number of benzene rings is 3. The van der Waals surface area contributed by atoms with Crippen LogP contribution in [0.2, 0.25) is 5.02 Å². The number of methoxy groups -OCH3 is 1. The predicted octanol–water partition coefficient (Wildman–Crippen LogP) is 5.96. The third kappa shape index (κ3) is 3.34. The zero-order chi connectivity index (χ0) is 22.2. The van der Waals surface area contributed by atoms with E-state index in [1.807, 2.05) is 60.0 Å². The van der Waals surface area contributed by atoms with E-state index < -0.39 is 11.8 Å². The molecule has 0 aliphatic carbocycles. The van der Waals surface area contributed by atoms with Gasteiger partial charge in [0.05, 0.1) is 18.4 Å². The van der Waals surface area contributed by atoms with Gasteiger partial charge in [-0.1, -0.05) is 54.1 Å². The average molecular weight is 461 g/mol. The van der Waals surface area contributed by atoms with Crippen molar-refractivity contribution in [3.05, 3.63) is 93.8 Å². The van der Waals surface area contributed by atoms with Gasteiger partial charge in [-0.3, -0.25) is 9.59 Å². The highest BCUT2D eigenvalue weighted by Gasteiger charge is 2.42. The van der Waals surface area contributed by atoms with Crippen LogP contribution in [0.4, 0.5) is 11.4 Å². The van der Waals surface area contributed by atoms with E-state index in [0.717, 1.165) is 21.4 Å². The van der Waals surface area contributed by atoms with Gasteiger partial charge in [0.25, 0.3) is 11.8 Å². The summed E-state index contributed by atoms with van der Waals surface area (Å²) in [5.41, 5.74) is 1.59. The maximum absolute atomic E-state index is 13.6. The standard InChI is InChI=1S/C25H17ClN2O3S/c1-31-20-12-11-16(26)14-19(20)28-24(29)22(21-10-5-13-32-21)23(25(28)30)27-18-9-4-7-15-6-2-3-8-17(15)18/h2-14,27H,1H3. The minimum Gasteiger partial charge on any atom is -0.495 e. The molecule has 5 nitrogen and oxygen atoms in total. The second-order valence-electron chi connectivity index (χ2n) is 7.14. The van der Waals surface area contributed by atoms with E-state index in [2.05, 4.69) is 5.32 Å². The van der Waals surface area contributed by atoms with E-state index in [1.165, 1.54) is 18.4 Å². The number of halogens is 1. The van der Waals surface area contributed by atoms with E-state index in [0.29, 0.717) is 26.9 Å². The topological polar surface area (TPSA) is 58.6 Å². The summed E-state index contributed by atoms with van der Waals surface area (Å²) in [7, 11) is 1.49. The van der Waals surface area contributed by atoms with Gasteiger partial charge in [-0.05, 0) is 41.1 Å². The summed E-state index contributed by atoms with van der Waals surface area (Å²) < 4.78 is 5.41. The first-order valence-electron chi connectivity index (χ1n) is 9.83. The lowest BCUT2D eigenvalue weighted by molar-refractivity contribution is -0.120. The number of anilines is 2. The molecule has 0 unspecified atom stereocenters. The molecule has 5 rings (SSSR count). The van der Waals surface area contributed by atoms with Gasteiger partial charge in [0.2, 0.25) is 0 Å². The molecule has 3 aromatic carbocycles. The van der Waals surface area contributed by atoms with Crippen LogP contribution in [-0.2, 0) is 9.59 Å². The largest absolute Gasteiger partial charge is 0.495 e. The Morgan fingerprint density at radius 2 is 1.75 bits per heavy atom. The quantitative estimate of drug-likeness (QED) is 0.373. The Labute approximate surface area is 193 Å². The fourth-order valence-electron chi connectivity index (χ4n) is 3.82. The SMILES string of the molecule is COc1ccc(Cl)cc1N1C(=O)C(Nc2cccc3ccccc23)=C(c2cccs2)C1=O. The highest BCUT2D eigenvalue weighted by molar-refractivity contribution is 7.11. The molecule has 0 saturated carbocycles. The number of nitrogens with one attached hydrogen (secondary N) is 1. The number of imide groups is 1. The van der Waals surface area contributed by atoms with E-state index in [1.54, 1.807) is 18.2 Å². The van der Waals surface area contributed by atoms with Crippen molar-refractivity contribution in [2.45, 2.75) is 0 Å². The van der Waals surface area contributed by atoms with Crippen molar-refractivity contribution in [2.24, 2.45) is 0 Å². The van der Waals surface area contributed by atoms with Crippen molar-refractivity contribution >= 4 is 62.5 Å². The number of hydrogen-bond acceptors (Lipinski definition) is 5. The highest BCUT2D eigenvalue weighted by atomic mass is 35.5. The Hall–Kier alpha value is -3.61. The van der Waals surface area contributed by atoms with Crippen LogP contribution in [0.25, 0.3) is 16.3 Å². The van der Waals surface area contributed by atoms with Crippen molar-refractivity contribution < 1.29 is 14.3 Å². The third-order valence-corrected chi connectivity index (χ3v) is 6.41. The summed E-state index contributed by atoms with van der Waals surface area (Å²) >= 11 is 7.58. The normalized spacial score (nSPS) is 13.9. The third-order valence-electron chi connectivity index (χ3n) is 5.28. The zero-order valence-corrected chi connectivity index (χ0v) is 18.5. The molecule has 7 heteroatoms. The van der Waals surface area contributed by atoms with Crippen LogP contribution < -0.4 is 15.0 Å². The van der Waals surface area contributed by atoms with Gasteiger partial charge in [0.15, 0.2) is 0 Å². The molecule has 2 amide bonds. The van der Waals surface area contributed by atoms with Crippen molar-refractivity contribution in [3.63, 3.8) is 0 Å². The maximum Gasteiger partial charge on any atom is 0.282 e. The second kappa shape index (κ2) is 8.15. The Morgan fingerprint density at radius 3 is 2.53 bits per heavy atom. The number of ether oxygens (including phenoxy) is 1. The van der Waals surface area contributed by atoms with Crippen LogP contribution in [0, 0.1) is 0 Å². The molecule has 1 aliphatic rings. The summed E-state index contributed by atoms with van der Waals surface area (Å²) in [6.07, 6.45) is 0. The molecule has 0 bridgehead atoms. The molecule has 1 aliphatic heterocycles. The molecule has 1 N–H and O–H groups in total. The minimum atomic E-state index is -0.466. The molecule has 4 aromatic rings. The van der Waals surface area contributed by atoms with Crippen LogP contribution in [0.3, 0.4) is 0 Å². The Balaban J connectivity index is 1.66. The molecule has 32 heavy (non-hydrogen) atoms. The molecule has 0 radical (unpaired) electrons. The average Bonchev–Trinajstić information content (AvgIpc) is 3.40. The van der Waals surface area contributed by atoms with Gasteiger partial charge in [-0.15, -0.1) is 11.3 Å². The van der Waals surface area contributed by atoms with Crippen LogP contribution in [-0.4, -0.2) is 18.9 Å². The lowest BCUT2D eigenvalue weighted by Gasteiger charge is -2.18. The van der Waals surface area contributed by atoms with E-state index in [4.69, 9.17) is 16.3 Å². The van der Waals surface area contributed by atoms with E-state index >= 15 is 0 Å². The molecule has 2 heterocycles. The predicted molar refractivity (Wildman–Crippen MR) is 129 cm³/mol. The molecule has 158 valence electrons. The summed E-state index contributed by atoms with van der Waals surface area (Å²) in [5.74, 6) is -0.513. The number of thiophene rings is 1. The van der Waals surface area contributed by atoms with Crippen molar-refractivity contribution in [3.8, 4) is 5.75 Å². The van der Waals surface area contributed by atoms with Gasteiger partial charge in [-0.25, -0.2) is 4.90 Å². The first kappa shape index (κ1) is 20.3. The van der Waals surface area contributed by atoms with Gasteiger partial charge >= 0.3 is 0 Å². The Bertz CT molecular complexity index is 1390. The van der Waals surface area contributed by atoms with Crippen LogP contribution in [0.5, 0.6) is 5.75 Å².